The van der Waals surface area contributed by atoms with Gasteiger partial charge in [0, 0.05) is 24.0 Å². The minimum atomic E-state index is -0.0972. The number of aryl methyl sites for hydroxylation is 2. The first kappa shape index (κ1) is 20.2. The van der Waals surface area contributed by atoms with E-state index < -0.39 is 0 Å². The van der Waals surface area contributed by atoms with E-state index in [-0.39, 0.29) is 12.5 Å². The number of nitrogens with zero attached hydrogens (tertiary/aromatic N) is 2. The number of ether oxygens (including phenoxy) is 1. The van der Waals surface area contributed by atoms with E-state index in [1.54, 1.807) is 11.3 Å². The van der Waals surface area contributed by atoms with Gasteiger partial charge < -0.3 is 10.1 Å². The zero-order chi connectivity index (χ0) is 19.8. The van der Waals surface area contributed by atoms with Gasteiger partial charge in [-0.2, -0.15) is 0 Å². The lowest BCUT2D eigenvalue weighted by Gasteiger charge is -2.06. The van der Waals surface area contributed by atoms with Crippen molar-refractivity contribution in [2.75, 3.05) is 13.2 Å². The van der Waals surface area contributed by atoms with Crippen LogP contribution in [0.25, 0.3) is 10.6 Å². The Hall–Kier alpha value is -2.57. The number of pyridine rings is 1. The Kier molecular flexibility index (Phi) is 7.28. The van der Waals surface area contributed by atoms with Crippen LogP contribution in [-0.4, -0.2) is 29.0 Å². The minimum absolute atomic E-state index is 0.0523. The van der Waals surface area contributed by atoms with Crippen LogP contribution in [-0.2, 0) is 29.0 Å². The van der Waals surface area contributed by atoms with Gasteiger partial charge in [0.15, 0.2) is 0 Å². The first-order valence-corrected chi connectivity index (χ1v) is 10.3. The number of carbonyl (C=O) groups is 1. The summed E-state index contributed by atoms with van der Waals surface area (Å²) in [5.74, 6) is -0.0972. The molecule has 1 aromatic carbocycles. The lowest BCUT2D eigenvalue weighted by Crippen LogP contribution is -2.29. The van der Waals surface area contributed by atoms with Gasteiger partial charge in [0.05, 0.1) is 17.2 Å². The number of rotatable bonds is 9. The molecule has 2 aromatic heterocycles. The zero-order valence-electron chi connectivity index (χ0n) is 16.3. The molecule has 3 rings (SSSR count). The Bertz CT molecular complexity index is 909. The molecule has 146 valence electrons. The van der Waals surface area contributed by atoms with Crippen molar-refractivity contribution in [3.05, 3.63) is 70.5 Å². The third kappa shape index (κ3) is 5.71. The normalized spacial score (nSPS) is 10.8. The Morgan fingerprint density at radius 1 is 1.21 bits per heavy atom. The highest BCUT2D eigenvalue weighted by Crippen LogP contribution is 2.28. The summed E-state index contributed by atoms with van der Waals surface area (Å²) in [4.78, 5) is 22.0. The predicted molar refractivity (Wildman–Crippen MR) is 112 cm³/mol. The Labute approximate surface area is 169 Å². The van der Waals surface area contributed by atoms with Crippen molar-refractivity contribution in [2.24, 2.45) is 0 Å². The molecule has 5 nitrogen and oxygen atoms in total. The predicted octanol–water partition coefficient (Wildman–Crippen LogP) is 3.95. The van der Waals surface area contributed by atoms with Crippen LogP contribution in [0.15, 0.2) is 48.7 Å². The van der Waals surface area contributed by atoms with Crippen molar-refractivity contribution in [2.45, 2.75) is 33.3 Å². The first-order chi connectivity index (χ1) is 13.7. The van der Waals surface area contributed by atoms with E-state index in [9.17, 15) is 4.79 Å². The highest BCUT2D eigenvalue weighted by Gasteiger charge is 2.11. The van der Waals surface area contributed by atoms with Crippen LogP contribution in [0.3, 0.4) is 0 Å². The molecule has 3 aromatic rings. The second kappa shape index (κ2) is 10.1. The Morgan fingerprint density at radius 2 is 2.04 bits per heavy atom. The van der Waals surface area contributed by atoms with Gasteiger partial charge in [-0.25, -0.2) is 4.98 Å². The van der Waals surface area contributed by atoms with Crippen molar-refractivity contribution in [3.63, 3.8) is 0 Å². The summed E-state index contributed by atoms with van der Waals surface area (Å²) in [5.41, 5.74) is 4.28. The number of hydrogen-bond acceptors (Lipinski definition) is 5. The maximum atomic E-state index is 12.0. The average molecular weight is 396 g/mol. The largest absolute Gasteiger partial charge is 0.366 e. The number of nitrogens with one attached hydrogen (secondary N) is 1. The fraction of sp³-hybridized carbons (Fsp3) is 0.318. The molecule has 0 aliphatic heterocycles. The second-order valence-corrected chi connectivity index (χ2v) is 7.58. The summed E-state index contributed by atoms with van der Waals surface area (Å²) in [7, 11) is 0. The second-order valence-electron chi connectivity index (χ2n) is 6.50. The van der Waals surface area contributed by atoms with Gasteiger partial charge in [-0.15, -0.1) is 11.3 Å². The highest BCUT2D eigenvalue weighted by atomic mass is 32.1. The van der Waals surface area contributed by atoms with E-state index in [0.717, 1.165) is 39.7 Å². The van der Waals surface area contributed by atoms with Gasteiger partial charge in [-0.05, 0) is 37.5 Å². The molecular formula is C22H25N3O2S. The van der Waals surface area contributed by atoms with Crippen LogP contribution < -0.4 is 5.32 Å². The average Bonchev–Trinajstić information content (AvgIpc) is 3.09. The number of aromatic nitrogens is 2. The summed E-state index contributed by atoms with van der Waals surface area (Å²) >= 11 is 1.60. The van der Waals surface area contributed by atoms with E-state index in [1.165, 1.54) is 5.56 Å². The van der Waals surface area contributed by atoms with Crippen LogP contribution >= 0.6 is 11.3 Å². The minimum Gasteiger partial charge on any atom is -0.366 e. The Balaban J connectivity index is 1.45. The van der Waals surface area contributed by atoms with E-state index in [4.69, 9.17) is 4.74 Å². The zero-order valence-corrected chi connectivity index (χ0v) is 17.1. The van der Waals surface area contributed by atoms with Crippen LogP contribution in [0.4, 0.5) is 0 Å². The fourth-order valence-corrected chi connectivity index (χ4v) is 3.76. The SMILES string of the molecule is CCc1cc(-c2nc(C)c(COCC(=O)NCCc3ccccc3)s2)ccn1. The molecule has 0 radical (unpaired) electrons. The number of carbonyl (C=O) groups excluding carboxylic acids is 1. The van der Waals surface area contributed by atoms with Gasteiger partial charge in [0.2, 0.25) is 5.91 Å². The molecule has 0 fully saturated rings. The van der Waals surface area contributed by atoms with E-state index >= 15 is 0 Å². The van der Waals surface area contributed by atoms with Gasteiger partial charge >= 0.3 is 0 Å². The summed E-state index contributed by atoms with van der Waals surface area (Å²) in [6, 6.07) is 14.1. The maximum absolute atomic E-state index is 12.0. The van der Waals surface area contributed by atoms with Crippen LogP contribution in [0.5, 0.6) is 0 Å². The van der Waals surface area contributed by atoms with Gasteiger partial charge in [0.1, 0.15) is 11.6 Å². The summed E-state index contributed by atoms with van der Waals surface area (Å²) in [5, 5.41) is 3.85. The molecule has 2 heterocycles. The standard InChI is InChI=1S/C22H25N3O2S/c1-3-19-13-18(10-12-23-19)22-25-16(2)20(28-22)14-27-15-21(26)24-11-9-17-7-5-4-6-8-17/h4-8,10,12-13H,3,9,11,14-15H2,1-2H3,(H,24,26). The number of thiazole rings is 1. The quantitative estimate of drug-likeness (QED) is 0.596. The molecule has 0 saturated heterocycles. The van der Waals surface area contributed by atoms with Gasteiger partial charge in [-0.1, -0.05) is 37.3 Å². The van der Waals surface area contributed by atoms with E-state index in [2.05, 4.69) is 40.4 Å². The number of benzene rings is 1. The molecule has 1 N–H and O–H groups in total. The van der Waals surface area contributed by atoms with Crippen molar-refractivity contribution in [1.29, 1.82) is 0 Å². The number of amides is 1. The van der Waals surface area contributed by atoms with Crippen LogP contribution in [0.1, 0.15) is 28.8 Å². The molecule has 0 atom stereocenters. The van der Waals surface area contributed by atoms with Crippen molar-refractivity contribution in [1.82, 2.24) is 15.3 Å². The lowest BCUT2D eigenvalue weighted by atomic mass is 10.1. The van der Waals surface area contributed by atoms with Crippen LogP contribution in [0.2, 0.25) is 0 Å². The molecule has 0 bridgehead atoms. The topological polar surface area (TPSA) is 64.1 Å². The molecule has 28 heavy (non-hydrogen) atoms. The highest BCUT2D eigenvalue weighted by molar-refractivity contribution is 7.15. The molecule has 0 aliphatic rings. The third-order valence-corrected chi connectivity index (χ3v) is 5.54. The van der Waals surface area contributed by atoms with Gasteiger partial charge in [-0.3, -0.25) is 9.78 Å². The number of hydrogen-bond donors (Lipinski definition) is 1. The summed E-state index contributed by atoms with van der Waals surface area (Å²) < 4.78 is 5.61. The molecule has 0 spiro atoms. The smallest absolute Gasteiger partial charge is 0.246 e. The van der Waals surface area contributed by atoms with Gasteiger partial charge in [0.25, 0.3) is 0 Å². The molecular weight excluding hydrogens is 370 g/mol. The molecule has 1 amide bonds. The van der Waals surface area contributed by atoms with Crippen molar-refractivity contribution < 1.29 is 9.53 Å². The van der Waals surface area contributed by atoms with Crippen molar-refractivity contribution >= 4 is 17.2 Å². The molecule has 0 aliphatic carbocycles. The molecule has 0 unspecified atom stereocenters. The van der Waals surface area contributed by atoms with E-state index in [0.29, 0.717) is 13.2 Å². The first-order valence-electron chi connectivity index (χ1n) is 9.45. The third-order valence-electron chi connectivity index (χ3n) is 4.36. The monoisotopic (exact) mass is 395 g/mol. The van der Waals surface area contributed by atoms with Crippen LogP contribution in [0, 0.1) is 6.92 Å². The van der Waals surface area contributed by atoms with Crippen molar-refractivity contribution in [3.8, 4) is 10.6 Å². The summed E-state index contributed by atoms with van der Waals surface area (Å²) in [6.45, 7) is 5.11. The maximum Gasteiger partial charge on any atom is 0.246 e. The lowest BCUT2D eigenvalue weighted by molar-refractivity contribution is -0.126. The fourth-order valence-electron chi connectivity index (χ4n) is 2.77. The summed E-state index contributed by atoms with van der Waals surface area (Å²) in [6.07, 6.45) is 3.53. The Morgan fingerprint density at radius 3 is 2.82 bits per heavy atom. The molecule has 0 saturated carbocycles. The van der Waals surface area contributed by atoms with E-state index in [1.807, 2.05) is 37.4 Å². The molecule has 6 heteroatoms.